The summed E-state index contributed by atoms with van der Waals surface area (Å²) in [6, 6.07) is 0. The molecule has 0 radical (unpaired) electrons. The van der Waals surface area contributed by atoms with Gasteiger partial charge in [0.15, 0.2) is 5.78 Å². The molecule has 0 aliphatic heterocycles. The molecule has 0 saturated heterocycles. The minimum atomic E-state index is -0.589. The van der Waals surface area contributed by atoms with Crippen LogP contribution in [0, 0.1) is 0 Å². The molecular weight excluding hydrogens is 166 g/mol. The van der Waals surface area contributed by atoms with E-state index < -0.39 is 5.91 Å². The summed E-state index contributed by atoms with van der Waals surface area (Å²) in [6.07, 6.45) is 3.29. The van der Waals surface area contributed by atoms with E-state index in [9.17, 15) is 9.59 Å². The smallest absolute Gasteiger partial charge is 0.249 e. The number of hydrogen-bond acceptors (Lipinski definition) is 2. The first kappa shape index (κ1) is 11.6. The number of carbonyl (C=O) groups is 2. The molecule has 13 heavy (non-hydrogen) atoms. The minimum Gasteiger partial charge on any atom is -0.366 e. The van der Waals surface area contributed by atoms with Crippen molar-refractivity contribution in [1.29, 1.82) is 0 Å². The highest BCUT2D eigenvalue weighted by Gasteiger charge is 2.11. The van der Waals surface area contributed by atoms with Crippen molar-refractivity contribution in [2.24, 2.45) is 5.73 Å². The number of rotatable bonds is 5. The predicted molar refractivity (Wildman–Crippen MR) is 52.0 cm³/mol. The second kappa shape index (κ2) is 5.30. The normalized spacial score (nSPS) is 11.1. The van der Waals surface area contributed by atoms with Gasteiger partial charge in [0.25, 0.3) is 0 Å². The highest BCUT2D eigenvalue weighted by molar-refractivity contribution is 6.09. The number of Topliss-reactive ketones (excluding diaryl/α,β-unsaturated/α-hetero) is 1. The van der Waals surface area contributed by atoms with Crippen LogP contribution in [0.4, 0.5) is 0 Å². The molecular formula is C10H15NO2. The Morgan fingerprint density at radius 2 is 2.00 bits per heavy atom. The first-order valence-corrected chi connectivity index (χ1v) is 4.20. The largest absolute Gasteiger partial charge is 0.366 e. The van der Waals surface area contributed by atoms with Crippen molar-refractivity contribution in [2.45, 2.75) is 26.7 Å². The van der Waals surface area contributed by atoms with Crippen LogP contribution in [0.25, 0.3) is 0 Å². The molecule has 72 valence electrons. The second-order valence-electron chi connectivity index (χ2n) is 2.81. The maximum Gasteiger partial charge on any atom is 0.249 e. The third kappa shape index (κ3) is 3.69. The standard InChI is InChI=1S/C10H15NO2/c1-4-5-6-9(10(11)13)7(2)8(3)12/h6H,2,4-5H2,1,3H3,(H2,11,13). The topological polar surface area (TPSA) is 60.2 Å². The number of primary amides is 1. The number of carbonyl (C=O) groups excluding carboxylic acids is 2. The van der Waals surface area contributed by atoms with Gasteiger partial charge in [0.05, 0.1) is 0 Å². The average molecular weight is 181 g/mol. The molecule has 0 rings (SSSR count). The Kier molecular flexibility index (Phi) is 4.74. The van der Waals surface area contributed by atoms with Crippen molar-refractivity contribution in [1.82, 2.24) is 0 Å². The lowest BCUT2D eigenvalue weighted by atomic mass is 10.0. The van der Waals surface area contributed by atoms with Crippen LogP contribution in [0.15, 0.2) is 23.8 Å². The third-order valence-electron chi connectivity index (χ3n) is 1.65. The molecule has 0 spiro atoms. The van der Waals surface area contributed by atoms with Crippen molar-refractivity contribution in [2.75, 3.05) is 0 Å². The zero-order valence-corrected chi connectivity index (χ0v) is 8.09. The predicted octanol–water partition coefficient (Wildman–Crippen LogP) is 1.34. The molecule has 0 aliphatic rings. The molecule has 0 atom stereocenters. The van der Waals surface area contributed by atoms with Crippen LogP contribution in [0.3, 0.4) is 0 Å². The molecule has 0 aromatic rings. The summed E-state index contributed by atoms with van der Waals surface area (Å²) in [7, 11) is 0. The van der Waals surface area contributed by atoms with Crippen LogP contribution >= 0.6 is 0 Å². The van der Waals surface area contributed by atoms with Gasteiger partial charge < -0.3 is 5.73 Å². The van der Waals surface area contributed by atoms with Crippen LogP contribution in [0.1, 0.15) is 26.7 Å². The second-order valence-corrected chi connectivity index (χ2v) is 2.81. The first-order valence-electron chi connectivity index (χ1n) is 4.20. The van der Waals surface area contributed by atoms with Gasteiger partial charge >= 0.3 is 0 Å². The van der Waals surface area contributed by atoms with E-state index in [1.165, 1.54) is 6.92 Å². The molecule has 0 fully saturated rings. The monoisotopic (exact) mass is 181 g/mol. The summed E-state index contributed by atoms with van der Waals surface area (Å²) in [4.78, 5) is 21.8. The number of nitrogens with two attached hydrogens (primary N) is 1. The number of allylic oxidation sites excluding steroid dienone is 1. The van der Waals surface area contributed by atoms with Crippen molar-refractivity contribution in [3.63, 3.8) is 0 Å². The van der Waals surface area contributed by atoms with Gasteiger partial charge in [-0.3, -0.25) is 9.59 Å². The van der Waals surface area contributed by atoms with Crippen LogP contribution in [0.2, 0.25) is 0 Å². The lowest BCUT2D eigenvalue weighted by molar-refractivity contribution is -0.116. The summed E-state index contributed by atoms with van der Waals surface area (Å²) in [5.74, 6) is -0.810. The summed E-state index contributed by atoms with van der Waals surface area (Å²) in [5, 5.41) is 0. The van der Waals surface area contributed by atoms with Crippen molar-refractivity contribution in [3.8, 4) is 0 Å². The molecule has 0 aromatic carbocycles. The molecule has 0 unspecified atom stereocenters. The fraction of sp³-hybridized carbons (Fsp3) is 0.400. The zero-order chi connectivity index (χ0) is 10.4. The fourth-order valence-corrected chi connectivity index (χ4v) is 0.851. The minimum absolute atomic E-state index is 0.195. The number of amides is 1. The van der Waals surface area contributed by atoms with Gasteiger partial charge in [-0.05, 0) is 13.3 Å². The van der Waals surface area contributed by atoms with Crippen LogP contribution < -0.4 is 5.73 Å². The molecule has 0 bridgehead atoms. The molecule has 1 amide bonds. The maximum absolute atomic E-state index is 10.9. The number of ketones is 1. The SMILES string of the molecule is C=C(C(C)=O)C(=CCCC)C(N)=O. The molecule has 0 heterocycles. The van der Waals surface area contributed by atoms with Crippen molar-refractivity contribution in [3.05, 3.63) is 23.8 Å². The van der Waals surface area contributed by atoms with E-state index in [0.29, 0.717) is 0 Å². The Hall–Kier alpha value is -1.38. The van der Waals surface area contributed by atoms with E-state index in [4.69, 9.17) is 5.73 Å². The number of hydrogen-bond donors (Lipinski definition) is 1. The van der Waals surface area contributed by atoms with E-state index in [-0.39, 0.29) is 16.9 Å². The Balaban J connectivity index is 4.71. The van der Waals surface area contributed by atoms with Gasteiger partial charge in [0, 0.05) is 11.1 Å². The highest BCUT2D eigenvalue weighted by Crippen LogP contribution is 2.10. The van der Waals surface area contributed by atoms with E-state index in [1.54, 1.807) is 6.08 Å². The fourth-order valence-electron chi connectivity index (χ4n) is 0.851. The van der Waals surface area contributed by atoms with Gasteiger partial charge in [0.2, 0.25) is 5.91 Å². The molecule has 0 aliphatic carbocycles. The van der Waals surface area contributed by atoms with E-state index in [2.05, 4.69) is 6.58 Å². The van der Waals surface area contributed by atoms with Crippen LogP contribution in [-0.2, 0) is 9.59 Å². The van der Waals surface area contributed by atoms with E-state index in [0.717, 1.165) is 12.8 Å². The average Bonchev–Trinajstić information content (AvgIpc) is 2.04. The molecule has 3 heteroatoms. The third-order valence-corrected chi connectivity index (χ3v) is 1.65. The van der Waals surface area contributed by atoms with Crippen molar-refractivity contribution >= 4 is 11.7 Å². The Morgan fingerprint density at radius 3 is 2.31 bits per heavy atom. The quantitative estimate of drug-likeness (QED) is 0.514. The Morgan fingerprint density at radius 1 is 1.46 bits per heavy atom. The van der Waals surface area contributed by atoms with E-state index >= 15 is 0 Å². The zero-order valence-electron chi connectivity index (χ0n) is 8.09. The summed E-state index contributed by atoms with van der Waals surface area (Å²) in [5.41, 5.74) is 5.54. The molecule has 0 saturated carbocycles. The molecule has 0 aromatic heterocycles. The Labute approximate surface area is 78.3 Å². The van der Waals surface area contributed by atoms with Gasteiger partial charge in [0.1, 0.15) is 0 Å². The summed E-state index contributed by atoms with van der Waals surface area (Å²) >= 11 is 0. The summed E-state index contributed by atoms with van der Waals surface area (Å²) in [6.45, 7) is 6.85. The maximum atomic E-state index is 10.9. The number of unbranched alkanes of at least 4 members (excludes halogenated alkanes) is 1. The van der Waals surface area contributed by atoms with Gasteiger partial charge in [-0.2, -0.15) is 0 Å². The van der Waals surface area contributed by atoms with E-state index in [1.807, 2.05) is 6.92 Å². The van der Waals surface area contributed by atoms with Gasteiger partial charge in [-0.15, -0.1) is 0 Å². The van der Waals surface area contributed by atoms with Crippen molar-refractivity contribution < 1.29 is 9.59 Å². The van der Waals surface area contributed by atoms with Crippen LogP contribution in [0.5, 0.6) is 0 Å². The molecule has 2 N–H and O–H groups in total. The van der Waals surface area contributed by atoms with Crippen LogP contribution in [-0.4, -0.2) is 11.7 Å². The van der Waals surface area contributed by atoms with Gasteiger partial charge in [-0.1, -0.05) is 26.0 Å². The summed E-state index contributed by atoms with van der Waals surface area (Å²) < 4.78 is 0. The lowest BCUT2D eigenvalue weighted by Gasteiger charge is -2.02. The highest BCUT2D eigenvalue weighted by atomic mass is 16.1. The molecule has 3 nitrogen and oxygen atoms in total. The Bertz CT molecular complexity index is 264. The van der Waals surface area contributed by atoms with Gasteiger partial charge in [-0.25, -0.2) is 0 Å². The first-order chi connectivity index (χ1) is 6.00. The lowest BCUT2D eigenvalue weighted by Crippen LogP contribution is -2.17.